The van der Waals surface area contributed by atoms with Crippen molar-refractivity contribution >= 4 is 11.6 Å². The Kier molecular flexibility index (Phi) is 4.39. The molecule has 0 saturated carbocycles. The van der Waals surface area contributed by atoms with E-state index >= 15 is 0 Å². The standard InChI is InChI=1S/C20H21N5O/c1-23-11-12-24(13-17-9-5-6-10-18(17)23)19(26)14-25-15-21-20(22-25)16-7-3-2-4-8-16/h2-10,15H,11-14H2,1H3. The van der Waals surface area contributed by atoms with Crippen molar-refractivity contribution in [3.8, 4) is 11.4 Å². The molecule has 0 aliphatic carbocycles. The number of carbonyl (C=O) groups is 1. The molecule has 0 saturated heterocycles. The van der Waals surface area contributed by atoms with Crippen LogP contribution in [0.25, 0.3) is 11.4 Å². The van der Waals surface area contributed by atoms with Crippen LogP contribution in [0.2, 0.25) is 0 Å². The van der Waals surface area contributed by atoms with Crippen LogP contribution in [0.15, 0.2) is 60.9 Å². The highest BCUT2D eigenvalue weighted by Crippen LogP contribution is 2.23. The second-order valence-corrected chi connectivity index (χ2v) is 6.50. The van der Waals surface area contributed by atoms with Gasteiger partial charge in [0.2, 0.25) is 5.91 Å². The van der Waals surface area contributed by atoms with E-state index in [1.54, 1.807) is 11.0 Å². The third-order valence-corrected chi connectivity index (χ3v) is 4.69. The Morgan fingerprint density at radius 2 is 1.81 bits per heavy atom. The van der Waals surface area contributed by atoms with Crippen molar-refractivity contribution in [1.82, 2.24) is 19.7 Å². The maximum Gasteiger partial charge on any atom is 0.244 e. The first-order valence-electron chi connectivity index (χ1n) is 8.72. The van der Waals surface area contributed by atoms with E-state index in [2.05, 4.69) is 34.2 Å². The van der Waals surface area contributed by atoms with Gasteiger partial charge in [-0.05, 0) is 11.6 Å². The van der Waals surface area contributed by atoms with Gasteiger partial charge < -0.3 is 9.80 Å². The van der Waals surface area contributed by atoms with E-state index in [0.717, 1.165) is 12.1 Å². The van der Waals surface area contributed by atoms with Gasteiger partial charge in [0.05, 0.1) is 0 Å². The number of amides is 1. The van der Waals surface area contributed by atoms with Crippen LogP contribution in [0.5, 0.6) is 0 Å². The molecule has 3 aromatic rings. The molecule has 26 heavy (non-hydrogen) atoms. The number of para-hydroxylation sites is 1. The van der Waals surface area contributed by atoms with Gasteiger partial charge in [-0.15, -0.1) is 0 Å². The van der Waals surface area contributed by atoms with Crippen LogP contribution in [-0.2, 0) is 17.9 Å². The largest absolute Gasteiger partial charge is 0.373 e. The number of benzene rings is 2. The number of rotatable bonds is 3. The Morgan fingerprint density at radius 1 is 1.04 bits per heavy atom. The number of carbonyl (C=O) groups excluding carboxylic acids is 1. The second-order valence-electron chi connectivity index (χ2n) is 6.50. The van der Waals surface area contributed by atoms with Gasteiger partial charge in [-0.1, -0.05) is 48.5 Å². The van der Waals surface area contributed by atoms with E-state index in [4.69, 9.17) is 0 Å². The molecule has 6 heteroatoms. The number of hydrogen-bond acceptors (Lipinski definition) is 4. The van der Waals surface area contributed by atoms with Crippen molar-refractivity contribution < 1.29 is 4.79 Å². The summed E-state index contributed by atoms with van der Waals surface area (Å²) in [5.41, 5.74) is 3.31. The van der Waals surface area contributed by atoms with Gasteiger partial charge in [0, 0.05) is 37.9 Å². The zero-order valence-electron chi connectivity index (χ0n) is 14.7. The van der Waals surface area contributed by atoms with Gasteiger partial charge in [-0.2, -0.15) is 5.10 Å². The van der Waals surface area contributed by atoms with E-state index < -0.39 is 0 Å². The minimum atomic E-state index is 0.0552. The molecule has 1 aliphatic heterocycles. The van der Waals surface area contributed by atoms with E-state index in [-0.39, 0.29) is 12.5 Å². The van der Waals surface area contributed by atoms with Crippen molar-refractivity contribution in [3.63, 3.8) is 0 Å². The fourth-order valence-electron chi connectivity index (χ4n) is 3.23. The van der Waals surface area contributed by atoms with E-state index in [1.165, 1.54) is 11.3 Å². The summed E-state index contributed by atoms with van der Waals surface area (Å²) >= 11 is 0. The molecule has 0 spiro atoms. The monoisotopic (exact) mass is 347 g/mol. The zero-order valence-corrected chi connectivity index (χ0v) is 14.7. The smallest absolute Gasteiger partial charge is 0.244 e. The lowest BCUT2D eigenvalue weighted by Crippen LogP contribution is -2.36. The molecule has 0 radical (unpaired) electrons. The lowest BCUT2D eigenvalue weighted by atomic mass is 10.1. The number of likely N-dealkylation sites (N-methyl/N-ethyl adjacent to an activating group) is 1. The second kappa shape index (κ2) is 7.00. The summed E-state index contributed by atoms with van der Waals surface area (Å²) in [5.74, 6) is 0.693. The predicted octanol–water partition coefficient (Wildman–Crippen LogP) is 2.42. The Bertz CT molecular complexity index is 905. The van der Waals surface area contributed by atoms with Crippen molar-refractivity contribution in [2.24, 2.45) is 0 Å². The molecule has 6 nitrogen and oxygen atoms in total. The summed E-state index contributed by atoms with van der Waals surface area (Å²) < 4.78 is 1.62. The molecule has 0 bridgehead atoms. The molecule has 2 aromatic carbocycles. The Balaban J connectivity index is 1.48. The van der Waals surface area contributed by atoms with Crippen LogP contribution in [-0.4, -0.2) is 45.7 Å². The summed E-state index contributed by atoms with van der Waals surface area (Å²) in [7, 11) is 2.07. The van der Waals surface area contributed by atoms with Crippen LogP contribution >= 0.6 is 0 Å². The summed E-state index contributed by atoms with van der Waals surface area (Å²) in [6.45, 7) is 2.34. The van der Waals surface area contributed by atoms with Crippen LogP contribution < -0.4 is 4.90 Å². The van der Waals surface area contributed by atoms with Crippen LogP contribution in [0.3, 0.4) is 0 Å². The van der Waals surface area contributed by atoms with E-state index in [1.807, 2.05) is 47.4 Å². The lowest BCUT2D eigenvalue weighted by Gasteiger charge is -2.20. The molecule has 2 heterocycles. The molecule has 0 atom stereocenters. The Labute approximate surface area is 152 Å². The number of aromatic nitrogens is 3. The van der Waals surface area contributed by atoms with Crippen molar-refractivity contribution in [3.05, 3.63) is 66.5 Å². The van der Waals surface area contributed by atoms with Crippen molar-refractivity contribution in [2.75, 3.05) is 25.0 Å². The number of fused-ring (bicyclic) bond motifs is 1. The topological polar surface area (TPSA) is 54.3 Å². The van der Waals surface area contributed by atoms with Gasteiger partial charge in [-0.3, -0.25) is 4.79 Å². The maximum absolute atomic E-state index is 12.8. The quantitative estimate of drug-likeness (QED) is 0.730. The van der Waals surface area contributed by atoms with Crippen LogP contribution in [0, 0.1) is 0 Å². The molecule has 1 aliphatic rings. The number of anilines is 1. The van der Waals surface area contributed by atoms with Gasteiger partial charge in [0.15, 0.2) is 5.82 Å². The van der Waals surface area contributed by atoms with Crippen LogP contribution in [0.1, 0.15) is 5.56 Å². The van der Waals surface area contributed by atoms with Gasteiger partial charge in [0.25, 0.3) is 0 Å². The molecule has 4 rings (SSSR count). The number of nitrogens with zero attached hydrogens (tertiary/aromatic N) is 5. The third kappa shape index (κ3) is 3.31. The molecular formula is C20H21N5O. The first-order valence-corrected chi connectivity index (χ1v) is 8.72. The van der Waals surface area contributed by atoms with Crippen LogP contribution in [0.4, 0.5) is 5.69 Å². The fourth-order valence-corrected chi connectivity index (χ4v) is 3.23. The van der Waals surface area contributed by atoms with Crippen molar-refractivity contribution in [2.45, 2.75) is 13.1 Å². The molecule has 1 amide bonds. The summed E-state index contributed by atoms with van der Waals surface area (Å²) in [6.07, 6.45) is 1.62. The van der Waals surface area contributed by atoms with Gasteiger partial charge in [0.1, 0.15) is 12.9 Å². The predicted molar refractivity (Wildman–Crippen MR) is 101 cm³/mol. The molecule has 1 aromatic heterocycles. The molecule has 0 fully saturated rings. The molecule has 132 valence electrons. The highest BCUT2D eigenvalue weighted by Gasteiger charge is 2.21. The normalized spacial score (nSPS) is 14.0. The summed E-state index contributed by atoms with van der Waals surface area (Å²) in [5, 5.41) is 4.45. The van der Waals surface area contributed by atoms with E-state index in [9.17, 15) is 4.79 Å². The zero-order chi connectivity index (χ0) is 17.9. The minimum Gasteiger partial charge on any atom is -0.373 e. The molecule has 0 unspecified atom stereocenters. The lowest BCUT2D eigenvalue weighted by molar-refractivity contribution is -0.132. The fraction of sp³-hybridized carbons (Fsp3) is 0.250. The Hall–Kier alpha value is -3.15. The summed E-state index contributed by atoms with van der Waals surface area (Å²) in [6, 6.07) is 18.0. The van der Waals surface area contributed by atoms with Gasteiger partial charge in [-0.25, -0.2) is 9.67 Å². The van der Waals surface area contributed by atoms with Crippen molar-refractivity contribution in [1.29, 1.82) is 0 Å². The molecule has 0 N–H and O–H groups in total. The Morgan fingerprint density at radius 3 is 2.65 bits per heavy atom. The average molecular weight is 347 g/mol. The SMILES string of the molecule is CN1CCN(C(=O)Cn2cnc(-c3ccccc3)n2)Cc2ccccc21. The molecular weight excluding hydrogens is 326 g/mol. The highest BCUT2D eigenvalue weighted by atomic mass is 16.2. The summed E-state index contributed by atoms with van der Waals surface area (Å²) in [4.78, 5) is 21.2. The van der Waals surface area contributed by atoms with Gasteiger partial charge >= 0.3 is 0 Å². The number of hydrogen-bond donors (Lipinski definition) is 0. The first kappa shape index (κ1) is 16.3. The van der Waals surface area contributed by atoms with E-state index in [0.29, 0.717) is 18.9 Å². The average Bonchev–Trinajstić information content (AvgIpc) is 3.07. The maximum atomic E-state index is 12.8. The minimum absolute atomic E-state index is 0.0552. The first-order chi connectivity index (χ1) is 12.7. The third-order valence-electron chi connectivity index (χ3n) is 4.69. The highest BCUT2D eigenvalue weighted by molar-refractivity contribution is 5.76.